The molecule has 0 aliphatic carbocycles. The molecule has 0 bridgehead atoms. The topological polar surface area (TPSA) is 38.8 Å². The fourth-order valence-corrected chi connectivity index (χ4v) is 2.47. The Morgan fingerprint density at radius 3 is 2.74 bits per heavy atom. The van der Waals surface area contributed by atoms with Gasteiger partial charge in [0.25, 0.3) is 5.91 Å². The van der Waals surface area contributed by atoms with Gasteiger partial charge in [-0.05, 0) is 38.5 Å². The lowest BCUT2D eigenvalue weighted by Crippen LogP contribution is -2.40. The summed E-state index contributed by atoms with van der Waals surface area (Å²) in [6, 6.07) is 4.47. The molecule has 1 atom stereocenters. The standard InChI is InChI=1S/C16H20F3NO3/c1-11(2)20(15(21)10-23-14-6-7-22-9-14)13-5-3-4-12(8-13)16(17,18)19/h3-5,8,11,14H,6-7,9-10H2,1-2H3/t14-/m1/s1. The molecule has 0 unspecified atom stereocenters. The summed E-state index contributed by atoms with van der Waals surface area (Å²) in [6.45, 7) is 4.36. The van der Waals surface area contributed by atoms with Crippen molar-refractivity contribution in [3.8, 4) is 0 Å². The van der Waals surface area contributed by atoms with Gasteiger partial charge < -0.3 is 14.4 Å². The molecular formula is C16H20F3NO3. The van der Waals surface area contributed by atoms with Gasteiger partial charge in [0, 0.05) is 18.3 Å². The number of hydrogen-bond donors (Lipinski definition) is 0. The summed E-state index contributed by atoms with van der Waals surface area (Å²) >= 11 is 0. The smallest absolute Gasteiger partial charge is 0.379 e. The third-order valence-electron chi connectivity index (χ3n) is 3.57. The molecule has 0 N–H and O–H groups in total. The summed E-state index contributed by atoms with van der Waals surface area (Å²) in [4.78, 5) is 13.7. The molecule has 1 fully saturated rings. The van der Waals surface area contributed by atoms with Gasteiger partial charge in [-0.15, -0.1) is 0 Å². The average Bonchev–Trinajstić information content (AvgIpc) is 2.97. The normalized spacial score (nSPS) is 18.4. The van der Waals surface area contributed by atoms with Gasteiger partial charge in [-0.2, -0.15) is 13.2 Å². The van der Waals surface area contributed by atoms with E-state index in [9.17, 15) is 18.0 Å². The van der Waals surface area contributed by atoms with Crippen molar-refractivity contribution >= 4 is 11.6 Å². The van der Waals surface area contributed by atoms with Crippen LogP contribution in [-0.4, -0.2) is 37.9 Å². The summed E-state index contributed by atoms with van der Waals surface area (Å²) in [7, 11) is 0. The van der Waals surface area contributed by atoms with Crippen LogP contribution in [0.5, 0.6) is 0 Å². The molecule has 1 aliphatic rings. The van der Waals surface area contributed by atoms with Gasteiger partial charge in [0.05, 0.1) is 18.3 Å². The van der Waals surface area contributed by atoms with Crippen molar-refractivity contribution in [2.24, 2.45) is 0 Å². The minimum Gasteiger partial charge on any atom is -0.379 e. The number of benzene rings is 1. The summed E-state index contributed by atoms with van der Waals surface area (Å²) in [5.41, 5.74) is -0.565. The highest BCUT2D eigenvalue weighted by atomic mass is 19.4. The van der Waals surface area contributed by atoms with Gasteiger partial charge in [-0.3, -0.25) is 4.79 Å². The first kappa shape index (κ1) is 17.7. The number of alkyl halides is 3. The largest absolute Gasteiger partial charge is 0.416 e. The Morgan fingerprint density at radius 2 is 2.17 bits per heavy atom. The summed E-state index contributed by atoms with van der Waals surface area (Å²) < 4.78 is 49.2. The van der Waals surface area contributed by atoms with Gasteiger partial charge in [0.2, 0.25) is 0 Å². The number of nitrogens with zero attached hydrogens (tertiary/aromatic N) is 1. The van der Waals surface area contributed by atoms with E-state index in [-0.39, 0.29) is 30.3 Å². The Balaban J connectivity index is 2.12. The van der Waals surface area contributed by atoms with Crippen LogP contribution in [0.4, 0.5) is 18.9 Å². The first-order valence-electron chi connectivity index (χ1n) is 7.47. The molecule has 2 rings (SSSR count). The Labute approximate surface area is 133 Å². The first-order chi connectivity index (χ1) is 10.8. The maximum Gasteiger partial charge on any atom is 0.416 e. The number of ether oxygens (including phenoxy) is 2. The highest BCUT2D eigenvalue weighted by molar-refractivity contribution is 5.94. The number of halogens is 3. The maximum absolute atomic E-state index is 12.8. The van der Waals surface area contributed by atoms with Crippen molar-refractivity contribution in [3.63, 3.8) is 0 Å². The van der Waals surface area contributed by atoms with Crippen LogP contribution in [0.1, 0.15) is 25.8 Å². The average molecular weight is 331 g/mol. The van der Waals surface area contributed by atoms with Crippen molar-refractivity contribution < 1.29 is 27.4 Å². The highest BCUT2D eigenvalue weighted by Crippen LogP contribution is 2.32. The fourth-order valence-electron chi connectivity index (χ4n) is 2.47. The number of rotatable bonds is 5. The molecule has 0 radical (unpaired) electrons. The molecule has 0 spiro atoms. The van der Waals surface area contributed by atoms with E-state index in [0.717, 1.165) is 18.6 Å². The van der Waals surface area contributed by atoms with E-state index in [1.807, 2.05) is 0 Å². The SMILES string of the molecule is CC(C)N(C(=O)CO[C@@H]1CCOC1)c1cccc(C(F)(F)F)c1. The molecular weight excluding hydrogens is 311 g/mol. The van der Waals surface area contributed by atoms with E-state index >= 15 is 0 Å². The first-order valence-corrected chi connectivity index (χ1v) is 7.47. The number of amides is 1. The van der Waals surface area contributed by atoms with Crippen LogP contribution in [0.15, 0.2) is 24.3 Å². The molecule has 128 valence electrons. The predicted molar refractivity (Wildman–Crippen MR) is 79.2 cm³/mol. The van der Waals surface area contributed by atoms with E-state index in [0.29, 0.717) is 13.2 Å². The van der Waals surface area contributed by atoms with E-state index in [4.69, 9.17) is 9.47 Å². The molecule has 0 aromatic heterocycles. The Kier molecular flexibility index (Phi) is 5.64. The van der Waals surface area contributed by atoms with Crippen molar-refractivity contribution in [2.45, 2.75) is 38.6 Å². The molecule has 23 heavy (non-hydrogen) atoms. The second-order valence-corrected chi connectivity index (χ2v) is 5.70. The zero-order valence-corrected chi connectivity index (χ0v) is 13.1. The van der Waals surface area contributed by atoms with Crippen LogP contribution in [0.3, 0.4) is 0 Å². The zero-order valence-electron chi connectivity index (χ0n) is 13.1. The molecule has 1 amide bonds. The van der Waals surface area contributed by atoms with Crippen molar-refractivity contribution in [1.82, 2.24) is 0 Å². The predicted octanol–water partition coefficient (Wildman–Crippen LogP) is 3.25. The zero-order chi connectivity index (χ0) is 17.0. The molecule has 1 saturated heterocycles. The minimum absolute atomic E-state index is 0.130. The number of carbonyl (C=O) groups is 1. The van der Waals surface area contributed by atoms with E-state index < -0.39 is 11.7 Å². The molecule has 1 aromatic carbocycles. The van der Waals surface area contributed by atoms with E-state index in [1.165, 1.54) is 17.0 Å². The molecule has 4 nitrogen and oxygen atoms in total. The lowest BCUT2D eigenvalue weighted by Gasteiger charge is -2.28. The Bertz CT molecular complexity index is 540. The minimum atomic E-state index is -4.45. The van der Waals surface area contributed by atoms with Crippen LogP contribution in [0, 0.1) is 0 Å². The molecule has 1 heterocycles. The molecule has 7 heteroatoms. The lowest BCUT2D eigenvalue weighted by atomic mass is 10.1. The van der Waals surface area contributed by atoms with Crippen LogP contribution < -0.4 is 4.90 Å². The molecule has 1 aromatic rings. The van der Waals surface area contributed by atoms with Crippen molar-refractivity contribution in [2.75, 3.05) is 24.7 Å². The van der Waals surface area contributed by atoms with Crippen LogP contribution in [0.2, 0.25) is 0 Å². The quantitative estimate of drug-likeness (QED) is 0.831. The number of hydrogen-bond acceptors (Lipinski definition) is 3. The molecule has 1 aliphatic heterocycles. The third kappa shape index (κ3) is 4.68. The van der Waals surface area contributed by atoms with E-state index in [1.54, 1.807) is 13.8 Å². The maximum atomic E-state index is 12.8. The summed E-state index contributed by atoms with van der Waals surface area (Å²) in [5, 5.41) is 0. The van der Waals surface area contributed by atoms with Crippen LogP contribution >= 0.6 is 0 Å². The molecule has 0 saturated carbocycles. The monoisotopic (exact) mass is 331 g/mol. The lowest BCUT2D eigenvalue weighted by molar-refractivity contribution is -0.137. The van der Waals surface area contributed by atoms with Gasteiger partial charge >= 0.3 is 6.18 Å². The van der Waals surface area contributed by atoms with Crippen LogP contribution in [0.25, 0.3) is 0 Å². The number of carbonyl (C=O) groups excluding carboxylic acids is 1. The summed E-state index contributed by atoms with van der Waals surface area (Å²) in [5.74, 6) is -0.369. The highest BCUT2D eigenvalue weighted by Gasteiger charge is 2.31. The van der Waals surface area contributed by atoms with Crippen molar-refractivity contribution in [3.05, 3.63) is 29.8 Å². The summed E-state index contributed by atoms with van der Waals surface area (Å²) in [6.07, 6.45) is -3.85. The Morgan fingerprint density at radius 1 is 1.43 bits per heavy atom. The second kappa shape index (κ2) is 7.31. The van der Waals surface area contributed by atoms with Gasteiger partial charge in [-0.25, -0.2) is 0 Å². The number of anilines is 1. The third-order valence-corrected chi connectivity index (χ3v) is 3.57. The Hall–Kier alpha value is -1.60. The second-order valence-electron chi connectivity index (χ2n) is 5.70. The van der Waals surface area contributed by atoms with Crippen molar-refractivity contribution in [1.29, 1.82) is 0 Å². The van der Waals surface area contributed by atoms with Gasteiger partial charge in [0.15, 0.2) is 0 Å². The fraction of sp³-hybridized carbons (Fsp3) is 0.562. The van der Waals surface area contributed by atoms with E-state index in [2.05, 4.69) is 0 Å². The van der Waals surface area contributed by atoms with Gasteiger partial charge in [0.1, 0.15) is 6.61 Å². The van der Waals surface area contributed by atoms with Crippen LogP contribution in [-0.2, 0) is 20.4 Å². The van der Waals surface area contributed by atoms with Gasteiger partial charge in [-0.1, -0.05) is 6.07 Å².